The number of carboxylic acids is 1. The third-order valence-corrected chi connectivity index (χ3v) is 2.55. The molecule has 0 aromatic carbocycles. The minimum Gasteiger partial charge on any atom is -0.478 e. The summed E-state index contributed by atoms with van der Waals surface area (Å²) in [5.74, 6) is -0.0625. The van der Waals surface area contributed by atoms with E-state index >= 15 is 0 Å². The maximum Gasteiger partial charge on any atom is 0.340 e. The fourth-order valence-corrected chi connectivity index (χ4v) is 1.82. The van der Waals surface area contributed by atoms with Gasteiger partial charge in [-0.15, -0.1) is 0 Å². The van der Waals surface area contributed by atoms with E-state index in [1.54, 1.807) is 37.2 Å². The van der Waals surface area contributed by atoms with Crippen LogP contribution in [0.5, 0.6) is 0 Å². The molecule has 5 heteroatoms. The second kappa shape index (κ2) is 4.52. The highest BCUT2D eigenvalue weighted by atomic mass is 16.4. The first-order valence-corrected chi connectivity index (χ1v) is 5.47. The van der Waals surface area contributed by atoms with Crippen LogP contribution in [0.2, 0.25) is 0 Å². The number of nitrogens with zero attached hydrogens (tertiary/aromatic N) is 2. The third-order valence-electron chi connectivity index (χ3n) is 2.55. The minimum absolute atomic E-state index is 0.153. The Balaban J connectivity index is 2.75. The molecule has 2 heterocycles. The van der Waals surface area contributed by atoms with Crippen molar-refractivity contribution in [2.45, 2.75) is 6.92 Å². The second-order valence-electron chi connectivity index (χ2n) is 4.19. The lowest BCUT2D eigenvalue weighted by Crippen LogP contribution is -2.17. The van der Waals surface area contributed by atoms with Crippen molar-refractivity contribution in [1.82, 2.24) is 4.98 Å². The van der Waals surface area contributed by atoms with Gasteiger partial charge in [0.05, 0.1) is 6.26 Å². The molecule has 5 nitrogen and oxygen atoms in total. The van der Waals surface area contributed by atoms with Crippen molar-refractivity contribution in [3.8, 4) is 11.3 Å². The molecule has 0 aliphatic rings. The molecule has 2 aromatic heterocycles. The smallest absolute Gasteiger partial charge is 0.340 e. The zero-order valence-corrected chi connectivity index (χ0v) is 10.5. The lowest BCUT2D eigenvalue weighted by molar-refractivity contribution is 0.0698. The van der Waals surface area contributed by atoms with Gasteiger partial charge in [-0.25, -0.2) is 9.78 Å². The van der Waals surface area contributed by atoms with Crippen LogP contribution < -0.4 is 4.90 Å². The summed E-state index contributed by atoms with van der Waals surface area (Å²) >= 11 is 0. The number of carbonyl (C=O) groups is 1. The van der Waals surface area contributed by atoms with Crippen LogP contribution in [0.1, 0.15) is 16.1 Å². The van der Waals surface area contributed by atoms with Gasteiger partial charge in [-0.2, -0.15) is 0 Å². The van der Waals surface area contributed by atoms with Crippen LogP contribution in [-0.4, -0.2) is 30.2 Å². The van der Waals surface area contributed by atoms with Gasteiger partial charge >= 0.3 is 5.97 Å². The SMILES string of the molecule is Cc1cc(-c2ccco2)c(C(=O)O)c(N(C)C)n1. The van der Waals surface area contributed by atoms with Crippen LogP contribution in [0.15, 0.2) is 28.9 Å². The Labute approximate surface area is 105 Å². The summed E-state index contributed by atoms with van der Waals surface area (Å²) in [7, 11) is 3.53. The zero-order chi connectivity index (χ0) is 13.3. The number of rotatable bonds is 3. The first-order valence-electron chi connectivity index (χ1n) is 5.47. The van der Waals surface area contributed by atoms with E-state index in [1.165, 1.54) is 6.26 Å². The molecule has 0 amide bonds. The highest BCUT2D eigenvalue weighted by molar-refractivity contribution is 6.00. The van der Waals surface area contributed by atoms with E-state index in [0.717, 1.165) is 5.69 Å². The fraction of sp³-hybridized carbons (Fsp3) is 0.231. The monoisotopic (exact) mass is 246 g/mol. The Bertz CT molecular complexity index is 574. The first kappa shape index (κ1) is 12.2. The summed E-state index contributed by atoms with van der Waals surface area (Å²) < 4.78 is 5.29. The number of furan rings is 1. The fourth-order valence-electron chi connectivity index (χ4n) is 1.82. The molecule has 94 valence electrons. The van der Waals surface area contributed by atoms with Crippen molar-refractivity contribution in [3.05, 3.63) is 35.7 Å². The quantitative estimate of drug-likeness (QED) is 0.900. The van der Waals surface area contributed by atoms with Crippen molar-refractivity contribution in [3.63, 3.8) is 0 Å². The summed E-state index contributed by atoms with van der Waals surface area (Å²) in [6, 6.07) is 5.18. The summed E-state index contributed by atoms with van der Waals surface area (Å²) in [6.45, 7) is 1.82. The lowest BCUT2D eigenvalue weighted by atomic mass is 10.1. The Hall–Kier alpha value is -2.30. The molecule has 18 heavy (non-hydrogen) atoms. The lowest BCUT2D eigenvalue weighted by Gasteiger charge is -2.17. The largest absolute Gasteiger partial charge is 0.478 e. The van der Waals surface area contributed by atoms with Gasteiger partial charge in [-0.1, -0.05) is 0 Å². The number of aryl methyl sites for hydroxylation is 1. The number of aromatic nitrogens is 1. The summed E-state index contributed by atoms with van der Waals surface area (Å²) in [5.41, 5.74) is 1.44. The van der Waals surface area contributed by atoms with Crippen molar-refractivity contribution >= 4 is 11.8 Å². The van der Waals surface area contributed by atoms with Crippen molar-refractivity contribution in [2.75, 3.05) is 19.0 Å². The Morgan fingerprint density at radius 1 is 1.44 bits per heavy atom. The van der Waals surface area contributed by atoms with Gasteiger partial charge < -0.3 is 14.4 Å². The van der Waals surface area contributed by atoms with E-state index in [0.29, 0.717) is 17.1 Å². The number of hydrogen-bond donors (Lipinski definition) is 1. The molecule has 0 saturated heterocycles. The molecule has 2 rings (SSSR count). The van der Waals surface area contributed by atoms with Crippen LogP contribution in [0.3, 0.4) is 0 Å². The van der Waals surface area contributed by atoms with E-state index in [1.807, 2.05) is 6.92 Å². The molecule has 0 atom stereocenters. The second-order valence-corrected chi connectivity index (χ2v) is 4.19. The molecule has 0 spiro atoms. The average molecular weight is 246 g/mol. The van der Waals surface area contributed by atoms with Gasteiger partial charge in [0.25, 0.3) is 0 Å². The summed E-state index contributed by atoms with van der Waals surface area (Å²) in [4.78, 5) is 17.4. The van der Waals surface area contributed by atoms with Crippen molar-refractivity contribution in [2.24, 2.45) is 0 Å². The summed E-state index contributed by atoms with van der Waals surface area (Å²) in [6.07, 6.45) is 1.52. The average Bonchev–Trinajstić information content (AvgIpc) is 2.80. The van der Waals surface area contributed by atoms with E-state index in [2.05, 4.69) is 4.98 Å². The third kappa shape index (κ3) is 2.07. The Morgan fingerprint density at radius 3 is 2.67 bits per heavy atom. The number of pyridine rings is 1. The highest BCUT2D eigenvalue weighted by Crippen LogP contribution is 2.30. The van der Waals surface area contributed by atoms with Crippen molar-refractivity contribution < 1.29 is 14.3 Å². The molecule has 2 aromatic rings. The predicted molar refractivity (Wildman–Crippen MR) is 68.0 cm³/mol. The van der Waals surface area contributed by atoms with Crippen LogP contribution in [0.4, 0.5) is 5.82 Å². The number of aromatic carboxylic acids is 1. The van der Waals surface area contributed by atoms with Crippen LogP contribution in [0, 0.1) is 6.92 Å². The number of anilines is 1. The Morgan fingerprint density at radius 2 is 2.17 bits per heavy atom. The van der Waals surface area contributed by atoms with Crippen molar-refractivity contribution in [1.29, 1.82) is 0 Å². The predicted octanol–water partition coefficient (Wildman–Crippen LogP) is 2.41. The van der Waals surface area contributed by atoms with Crippen LogP contribution in [-0.2, 0) is 0 Å². The van der Waals surface area contributed by atoms with E-state index in [9.17, 15) is 9.90 Å². The standard InChI is InChI=1S/C13H14N2O3/c1-8-7-9(10-5-4-6-18-10)11(13(16)17)12(14-8)15(2)3/h4-7H,1-3H3,(H,16,17). The molecule has 0 bridgehead atoms. The highest BCUT2D eigenvalue weighted by Gasteiger charge is 2.21. The maximum absolute atomic E-state index is 11.4. The number of hydrogen-bond acceptors (Lipinski definition) is 4. The molecule has 0 fully saturated rings. The molecule has 0 unspecified atom stereocenters. The van der Waals surface area contributed by atoms with Gasteiger partial charge in [0.2, 0.25) is 0 Å². The molecule has 0 aliphatic heterocycles. The molecular weight excluding hydrogens is 232 g/mol. The Kier molecular flexibility index (Phi) is 3.06. The van der Waals surface area contributed by atoms with E-state index in [4.69, 9.17) is 4.42 Å². The summed E-state index contributed by atoms with van der Waals surface area (Å²) in [5, 5.41) is 9.38. The van der Waals surface area contributed by atoms with Gasteiger partial charge in [0.15, 0.2) is 0 Å². The first-order chi connectivity index (χ1) is 8.50. The number of carboxylic acid groups (broad SMARTS) is 1. The van der Waals surface area contributed by atoms with E-state index in [-0.39, 0.29) is 5.56 Å². The molecule has 0 radical (unpaired) electrons. The van der Waals surface area contributed by atoms with Gasteiger partial charge in [-0.3, -0.25) is 0 Å². The topological polar surface area (TPSA) is 66.6 Å². The van der Waals surface area contributed by atoms with Gasteiger partial charge in [0.1, 0.15) is 17.1 Å². The van der Waals surface area contributed by atoms with Gasteiger partial charge in [-0.05, 0) is 25.1 Å². The minimum atomic E-state index is -1.02. The molecule has 0 saturated carbocycles. The molecule has 1 N–H and O–H groups in total. The molecular formula is C13H14N2O3. The normalized spacial score (nSPS) is 10.4. The van der Waals surface area contributed by atoms with Crippen LogP contribution >= 0.6 is 0 Å². The maximum atomic E-state index is 11.4. The zero-order valence-electron chi connectivity index (χ0n) is 10.5. The molecule has 0 aliphatic carbocycles. The van der Waals surface area contributed by atoms with Gasteiger partial charge in [0, 0.05) is 25.4 Å². The van der Waals surface area contributed by atoms with E-state index < -0.39 is 5.97 Å². The van der Waals surface area contributed by atoms with Crippen LogP contribution in [0.25, 0.3) is 11.3 Å².